The summed E-state index contributed by atoms with van der Waals surface area (Å²) < 4.78 is 0. The fourth-order valence-electron chi connectivity index (χ4n) is 1.18. The Kier molecular flexibility index (Phi) is 6.93. The summed E-state index contributed by atoms with van der Waals surface area (Å²) in [4.78, 5) is 4.45. The molecule has 78 valence electrons. The monoisotopic (exact) mass is 183 g/mol. The first kappa shape index (κ1) is 12.7. The minimum absolute atomic E-state index is 0.115. The summed E-state index contributed by atoms with van der Waals surface area (Å²) in [7, 11) is 0. The summed E-state index contributed by atoms with van der Waals surface area (Å²) >= 11 is 0. The standard InChI is InChI=1S/C12H25N/c1-5-6-7-8-9-10-11-13-12(2,3)4/h11H,5-10H2,1-4H3/b13-11+. The molecule has 0 aromatic carbocycles. The lowest BCUT2D eigenvalue weighted by Crippen LogP contribution is -2.09. The number of hydrogen-bond acceptors (Lipinski definition) is 1. The van der Waals surface area contributed by atoms with E-state index in [4.69, 9.17) is 0 Å². The first-order chi connectivity index (χ1) is 6.06. The van der Waals surface area contributed by atoms with Crippen LogP contribution in [-0.4, -0.2) is 11.8 Å². The molecule has 0 bridgehead atoms. The van der Waals surface area contributed by atoms with Crippen LogP contribution < -0.4 is 0 Å². The van der Waals surface area contributed by atoms with Gasteiger partial charge in [-0.3, -0.25) is 4.99 Å². The predicted molar refractivity (Wildman–Crippen MR) is 61.6 cm³/mol. The molecular formula is C12H25N. The van der Waals surface area contributed by atoms with Crippen molar-refractivity contribution >= 4 is 6.21 Å². The first-order valence-electron chi connectivity index (χ1n) is 5.60. The van der Waals surface area contributed by atoms with Gasteiger partial charge in [-0.05, 0) is 39.8 Å². The summed E-state index contributed by atoms with van der Waals surface area (Å²) in [6, 6.07) is 0. The van der Waals surface area contributed by atoms with E-state index in [1.54, 1.807) is 0 Å². The Bertz CT molecular complexity index is 131. The van der Waals surface area contributed by atoms with E-state index < -0.39 is 0 Å². The van der Waals surface area contributed by atoms with Crippen molar-refractivity contribution in [3.8, 4) is 0 Å². The first-order valence-corrected chi connectivity index (χ1v) is 5.60. The fraction of sp³-hybridized carbons (Fsp3) is 0.917. The molecular weight excluding hydrogens is 158 g/mol. The minimum atomic E-state index is 0.115. The Morgan fingerprint density at radius 1 is 1.00 bits per heavy atom. The van der Waals surface area contributed by atoms with Crippen molar-refractivity contribution in [2.45, 2.75) is 71.8 Å². The normalized spacial score (nSPS) is 12.6. The van der Waals surface area contributed by atoms with Crippen LogP contribution in [0.4, 0.5) is 0 Å². The Morgan fingerprint density at radius 2 is 1.62 bits per heavy atom. The van der Waals surface area contributed by atoms with Crippen molar-refractivity contribution in [1.29, 1.82) is 0 Å². The number of hydrogen-bond donors (Lipinski definition) is 0. The van der Waals surface area contributed by atoms with Crippen LogP contribution in [0.5, 0.6) is 0 Å². The van der Waals surface area contributed by atoms with Gasteiger partial charge in [-0.25, -0.2) is 0 Å². The third kappa shape index (κ3) is 11.7. The van der Waals surface area contributed by atoms with E-state index in [0.717, 1.165) is 6.42 Å². The second kappa shape index (κ2) is 7.11. The molecule has 0 fully saturated rings. The van der Waals surface area contributed by atoms with Crippen molar-refractivity contribution in [2.24, 2.45) is 4.99 Å². The molecule has 0 rings (SSSR count). The molecule has 0 unspecified atom stereocenters. The van der Waals surface area contributed by atoms with Crippen LogP contribution in [0.15, 0.2) is 4.99 Å². The molecule has 13 heavy (non-hydrogen) atoms. The highest BCUT2D eigenvalue weighted by molar-refractivity contribution is 5.57. The van der Waals surface area contributed by atoms with Crippen LogP contribution in [0.3, 0.4) is 0 Å². The maximum atomic E-state index is 4.45. The van der Waals surface area contributed by atoms with Crippen LogP contribution in [0.2, 0.25) is 0 Å². The van der Waals surface area contributed by atoms with Gasteiger partial charge in [0, 0.05) is 0 Å². The lowest BCUT2D eigenvalue weighted by Gasteiger charge is -2.10. The largest absolute Gasteiger partial charge is 0.292 e. The van der Waals surface area contributed by atoms with Gasteiger partial charge in [-0.2, -0.15) is 0 Å². The SMILES string of the molecule is CCCCCCC/C=N/C(C)(C)C. The van der Waals surface area contributed by atoms with Gasteiger partial charge < -0.3 is 0 Å². The summed E-state index contributed by atoms with van der Waals surface area (Å²) in [5, 5.41) is 0. The van der Waals surface area contributed by atoms with Gasteiger partial charge in [-0.15, -0.1) is 0 Å². The molecule has 0 atom stereocenters. The Balaban J connectivity index is 3.21. The predicted octanol–water partition coefficient (Wildman–Crippen LogP) is 4.22. The van der Waals surface area contributed by atoms with E-state index in [0.29, 0.717) is 0 Å². The molecule has 1 nitrogen and oxygen atoms in total. The Labute approximate surface area is 83.6 Å². The fourth-order valence-corrected chi connectivity index (χ4v) is 1.18. The van der Waals surface area contributed by atoms with Crippen molar-refractivity contribution in [3.05, 3.63) is 0 Å². The maximum Gasteiger partial charge on any atom is 0.0520 e. The van der Waals surface area contributed by atoms with E-state index in [1.165, 1.54) is 32.1 Å². The van der Waals surface area contributed by atoms with Crippen LogP contribution in [0, 0.1) is 0 Å². The molecule has 0 spiro atoms. The smallest absolute Gasteiger partial charge is 0.0520 e. The molecule has 0 radical (unpaired) electrons. The second-order valence-electron chi connectivity index (χ2n) is 4.69. The van der Waals surface area contributed by atoms with E-state index in [-0.39, 0.29) is 5.54 Å². The molecule has 0 aliphatic rings. The summed E-state index contributed by atoms with van der Waals surface area (Å²) in [6.45, 7) is 8.67. The Hall–Kier alpha value is -0.330. The summed E-state index contributed by atoms with van der Waals surface area (Å²) in [5.74, 6) is 0. The highest BCUT2D eigenvalue weighted by Crippen LogP contribution is 2.07. The van der Waals surface area contributed by atoms with Crippen LogP contribution in [-0.2, 0) is 0 Å². The van der Waals surface area contributed by atoms with E-state index in [2.05, 4.69) is 38.9 Å². The van der Waals surface area contributed by atoms with Gasteiger partial charge in [-0.1, -0.05) is 32.6 Å². The summed E-state index contributed by atoms with van der Waals surface area (Å²) in [5.41, 5.74) is 0.115. The zero-order valence-corrected chi connectivity index (χ0v) is 9.77. The lowest BCUT2D eigenvalue weighted by atomic mass is 10.1. The zero-order chi connectivity index (χ0) is 10.2. The highest BCUT2D eigenvalue weighted by atomic mass is 14.8. The third-order valence-corrected chi connectivity index (χ3v) is 1.92. The van der Waals surface area contributed by atoms with Crippen molar-refractivity contribution in [2.75, 3.05) is 0 Å². The average molecular weight is 183 g/mol. The summed E-state index contributed by atoms with van der Waals surface area (Å²) in [6.07, 6.45) is 10.0. The maximum absolute atomic E-state index is 4.45. The molecule has 0 amide bonds. The molecule has 1 heteroatoms. The average Bonchev–Trinajstić information content (AvgIpc) is 2.01. The number of unbranched alkanes of at least 4 members (excludes halogenated alkanes) is 5. The van der Waals surface area contributed by atoms with E-state index in [9.17, 15) is 0 Å². The van der Waals surface area contributed by atoms with Gasteiger partial charge in [0.05, 0.1) is 5.54 Å². The quantitative estimate of drug-likeness (QED) is 0.432. The molecule has 0 heterocycles. The third-order valence-electron chi connectivity index (χ3n) is 1.92. The molecule has 0 aromatic heterocycles. The molecule has 0 N–H and O–H groups in total. The van der Waals surface area contributed by atoms with Crippen molar-refractivity contribution in [1.82, 2.24) is 0 Å². The Morgan fingerprint density at radius 3 is 2.15 bits per heavy atom. The number of nitrogens with zero attached hydrogens (tertiary/aromatic N) is 1. The minimum Gasteiger partial charge on any atom is -0.292 e. The van der Waals surface area contributed by atoms with Gasteiger partial charge in [0.2, 0.25) is 0 Å². The number of rotatable bonds is 6. The van der Waals surface area contributed by atoms with Crippen LogP contribution in [0.25, 0.3) is 0 Å². The molecule has 0 aliphatic heterocycles. The van der Waals surface area contributed by atoms with Gasteiger partial charge >= 0.3 is 0 Å². The van der Waals surface area contributed by atoms with Gasteiger partial charge in [0.25, 0.3) is 0 Å². The zero-order valence-electron chi connectivity index (χ0n) is 9.77. The highest BCUT2D eigenvalue weighted by Gasteiger charge is 2.03. The lowest BCUT2D eigenvalue weighted by molar-refractivity contribution is 0.582. The molecule has 0 saturated carbocycles. The van der Waals surface area contributed by atoms with E-state index >= 15 is 0 Å². The molecule has 0 aromatic rings. The van der Waals surface area contributed by atoms with E-state index in [1.807, 2.05) is 0 Å². The van der Waals surface area contributed by atoms with Crippen LogP contribution >= 0.6 is 0 Å². The topological polar surface area (TPSA) is 12.4 Å². The van der Waals surface area contributed by atoms with Gasteiger partial charge in [0.15, 0.2) is 0 Å². The molecule has 0 saturated heterocycles. The van der Waals surface area contributed by atoms with Crippen molar-refractivity contribution in [3.63, 3.8) is 0 Å². The number of aliphatic imine (C=N–C) groups is 1. The van der Waals surface area contributed by atoms with Crippen molar-refractivity contribution < 1.29 is 0 Å². The van der Waals surface area contributed by atoms with Crippen LogP contribution in [0.1, 0.15) is 66.2 Å². The second-order valence-corrected chi connectivity index (χ2v) is 4.69. The molecule has 0 aliphatic carbocycles. The van der Waals surface area contributed by atoms with Gasteiger partial charge in [0.1, 0.15) is 0 Å².